The number of H-pyrrole nitrogens is 1. The Labute approximate surface area is 104 Å². The molecule has 2 N–H and O–H groups in total. The zero-order valence-electron chi connectivity index (χ0n) is 9.79. The number of amides is 1. The molecule has 1 amide bonds. The normalized spacial score (nSPS) is 10.1. The number of hydrogen-bond donors (Lipinski definition) is 2. The Morgan fingerprint density at radius 2 is 2.35 bits per heavy atom. The minimum atomic E-state index is -0.419. The van der Waals surface area contributed by atoms with Crippen LogP contribution in [-0.4, -0.2) is 36.0 Å². The second kappa shape index (κ2) is 6.24. The van der Waals surface area contributed by atoms with Crippen LogP contribution in [0.1, 0.15) is 13.3 Å². The Bertz CT molecular complexity index is 446. The van der Waals surface area contributed by atoms with E-state index in [1.165, 1.54) is 11.2 Å². The van der Waals surface area contributed by atoms with Gasteiger partial charge in [0.2, 0.25) is 5.91 Å². The smallest absolute Gasteiger partial charge is 0.271 e. The van der Waals surface area contributed by atoms with Crippen LogP contribution < -0.4 is 15.8 Å². The Morgan fingerprint density at radius 1 is 1.65 bits per heavy atom. The van der Waals surface area contributed by atoms with E-state index >= 15 is 0 Å². The predicted octanol–water partition coefficient (Wildman–Crippen LogP) is 0.386. The fourth-order valence-corrected chi connectivity index (χ4v) is 1.50. The molecule has 0 unspecified atom stereocenters. The number of halogens is 1. The standard InChI is InChI=1S/C10H15ClN4O2/c1-3-4-12-7(16)5-15(2)9-8(11)10(17)14-6-13-9/h6H,3-5H2,1-2H3,(H,12,16)(H,13,14,17). The molecule has 17 heavy (non-hydrogen) atoms. The van der Waals surface area contributed by atoms with Gasteiger partial charge in [-0.05, 0) is 6.42 Å². The third kappa shape index (κ3) is 3.74. The number of aromatic nitrogens is 2. The van der Waals surface area contributed by atoms with Crippen molar-refractivity contribution in [3.63, 3.8) is 0 Å². The van der Waals surface area contributed by atoms with Crippen LogP contribution in [0, 0.1) is 0 Å². The van der Waals surface area contributed by atoms with Crippen molar-refractivity contribution < 1.29 is 4.79 Å². The number of anilines is 1. The third-order valence-corrected chi connectivity index (χ3v) is 2.43. The number of carbonyl (C=O) groups excluding carboxylic acids is 1. The first-order valence-corrected chi connectivity index (χ1v) is 5.65. The summed E-state index contributed by atoms with van der Waals surface area (Å²) in [6.45, 7) is 2.71. The highest BCUT2D eigenvalue weighted by Crippen LogP contribution is 2.15. The van der Waals surface area contributed by atoms with Gasteiger partial charge in [0.05, 0.1) is 12.9 Å². The highest BCUT2D eigenvalue weighted by molar-refractivity contribution is 6.32. The summed E-state index contributed by atoms with van der Waals surface area (Å²) in [6.07, 6.45) is 2.13. The van der Waals surface area contributed by atoms with E-state index in [9.17, 15) is 9.59 Å². The number of likely N-dealkylation sites (N-methyl/N-ethyl adjacent to an activating group) is 1. The highest BCUT2D eigenvalue weighted by Gasteiger charge is 2.13. The van der Waals surface area contributed by atoms with Gasteiger partial charge >= 0.3 is 0 Å². The van der Waals surface area contributed by atoms with Gasteiger partial charge < -0.3 is 15.2 Å². The predicted molar refractivity (Wildman–Crippen MR) is 66.4 cm³/mol. The second-order valence-electron chi connectivity index (χ2n) is 3.58. The van der Waals surface area contributed by atoms with Crippen LogP contribution in [0.4, 0.5) is 5.82 Å². The van der Waals surface area contributed by atoms with Gasteiger partial charge in [-0.2, -0.15) is 0 Å². The lowest BCUT2D eigenvalue weighted by Crippen LogP contribution is -2.36. The number of nitrogens with zero attached hydrogens (tertiary/aromatic N) is 2. The van der Waals surface area contributed by atoms with Crippen LogP contribution in [-0.2, 0) is 4.79 Å². The first-order valence-electron chi connectivity index (χ1n) is 5.27. The number of hydrogen-bond acceptors (Lipinski definition) is 4. The number of nitrogens with one attached hydrogen (secondary N) is 2. The van der Waals surface area contributed by atoms with E-state index in [1.54, 1.807) is 7.05 Å². The van der Waals surface area contributed by atoms with E-state index in [1.807, 2.05) is 6.92 Å². The Morgan fingerprint density at radius 3 is 3.00 bits per heavy atom. The number of carbonyl (C=O) groups is 1. The summed E-state index contributed by atoms with van der Waals surface area (Å²) < 4.78 is 0. The zero-order chi connectivity index (χ0) is 12.8. The highest BCUT2D eigenvalue weighted by atomic mass is 35.5. The van der Waals surface area contributed by atoms with Crippen molar-refractivity contribution in [2.75, 3.05) is 25.0 Å². The first-order chi connectivity index (χ1) is 8.06. The summed E-state index contributed by atoms with van der Waals surface area (Å²) in [5, 5.41) is 2.71. The summed E-state index contributed by atoms with van der Waals surface area (Å²) >= 11 is 5.80. The molecule has 94 valence electrons. The Balaban J connectivity index is 2.70. The molecule has 0 aliphatic carbocycles. The second-order valence-corrected chi connectivity index (χ2v) is 3.95. The number of aromatic amines is 1. The minimum absolute atomic E-state index is 0.0155. The molecule has 0 atom stereocenters. The molecule has 0 bridgehead atoms. The van der Waals surface area contributed by atoms with Crippen LogP contribution in [0.2, 0.25) is 5.02 Å². The molecular weight excluding hydrogens is 244 g/mol. The van der Waals surface area contributed by atoms with Gasteiger partial charge in [-0.1, -0.05) is 18.5 Å². The monoisotopic (exact) mass is 258 g/mol. The van der Waals surface area contributed by atoms with Crippen molar-refractivity contribution in [2.45, 2.75) is 13.3 Å². The van der Waals surface area contributed by atoms with Gasteiger partial charge in [0, 0.05) is 13.6 Å². The van der Waals surface area contributed by atoms with E-state index in [2.05, 4.69) is 15.3 Å². The van der Waals surface area contributed by atoms with Crippen molar-refractivity contribution in [3.8, 4) is 0 Å². The summed E-state index contributed by atoms with van der Waals surface area (Å²) in [7, 11) is 1.65. The molecule has 7 heteroatoms. The summed E-state index contributed by atoms with van der Waals surface area (Å²) in [5.41, 5.74) is -0.419. The number of rotatable bonds is 5. The zero-order valence-corrected chi connectivity index (χ0v) is 10.5. The van der Waals surface area contributed by atoms with Gasteiger partial charge in [0.15, 0.2) is 5.82 Å². The quantitative estimate of drug-likeness (QED) is 0.801. The fraction of sp³-hybridized carbons (Fsp3) is 0.500. The van der Waals surface area contributed by atoms with Crippen LogP contribution in [0.5, 0.6) is 0 Å². The lowest BCUT2D eigenvalue weighted by Gasteiger charge is -2.17. The van der Waals surface area contributed by atoms with Crippen LogP contribution in [0.25, 0.3) is 0 Å². The Kier molecular flexibility index (Phi) is 4.96. The Hall–Kier alpha value is -1.56. The van der Waals surface area contributed by atoms with Gasteiger partial charge in [0.1, 0.15) is 5.02 Å². The molecule has 0 aromatic carbocycles. The van der Waals surface area contributed by atoms with Crippen LogP contribution >= 0.6 is 11.6 Å². The van der Waals surface area contributed by atoms with E-state index in [0.29, 0.717) is 12.4 Å². The van der Waals surface area contributed by atoms with E-state index in [-0.39, 0.29) is 17.5 Å². The van der Waals surface area contributed by atoms with E-state index in [0.717, 1.165) is 6.42 Å². The van der Waals surface area contributed by atoms with Crippen molar-refractivity contribution in [1.82, 2.24) is 15.3 Å². The molecule has 0 spiro atoms. The third-order valence-electron chi connectivity index (χ3n) is 2.09. The first kappa shape index (κ1) is 13.5. The van der Waals surface area contributed by atoms with Gasteiger partial charge in [-0.3, -0.25) is 9.59 Å². The molecule has 0 saturated heterocycles. The molecule has 1 aromatic rings. The molecule has 1 rings (SSSR count). The van der Waals surface area contributed by atoms with Crippen molar-refractivity contribution in [3.05, 3.63) is 21.7 Å². The van der Waals surface area contributed by atoms with Crippen molar-refractivity contribution in [2.24, 2.45) is 0 Å². The SMILES string of the molecule is CCCNC(=O)CN(C)c1nc[nH]c(=O)c1Cl. The van der Waals surface area contributed by atoms with Crippen molar-refractivity contribution in [1.29, 1.82) is 0 Å². The van der Waals surface area contributed by atoms with E-state index in [4.69, 9.17) is 11.6 Å². The average Bonchev–Trinajstić information content (AvgIpc) is 2.29. The van der Waals surface area contributed by atoms with Gasteiger partial charge in [-0.25, -0.2) is 4.98 Å². The van der Waals surface area contributed by atoms with E-state index < -0.39 is 5.56 Å². The fourth-order valence-electron chi connectivity index (χ4n) is 1.25. The maximum Gasteiger partial charge on any atom is 0.271 e. The maximum absolute atomic E-state index is 11.5. The average molecular weight is 259 g/mol. The molecule has 1 heterocycles. The lowest BCUT2D eigenvalue weighted by atomic mass is 10.4. The van der Waals surface area contributed by atoms with Gasteiger partial charge in [-0.15, -0.1) is 0 Å². The molecule has 0 fully saturated rings. The lowest BCUT2D eigenvalue weighted by molar-refractivity contribution is -0.119. The summed E-state index contributed by atoms with van der Waals surface area (Å²) in [5.74, 6) is 0.162. The molecule has 0 saturated carbocycles. The topological polar surface area (TPSA) is 78.1 Å². The summed E-state index contributed by atoms with van der Waals surface area (Å²) in [4.78, 5) is 30.5. The maximum atomic E-state index is 11.5. The van der Waals surface area contributed by atoms with Gasteiger partial charge in [0.25, 0.3) is 5.56 Å². The molecule has 1 aromatic heterocycles. The largest absolute Gasteiger partial charge is 0.355 e. The summed E-state index contributed by atoms with van der Waals surface area (Å²) in [6, 6.07) is 0. The minimum Gasteiger partial charge on any atom is -0.355 e. The van der Waals surface area contributed by atoms with Crippen LogP contribution in [0.3, 0.4) is 0 Å². The molecular formula is C10H15ClN4O2. The molecule has 0 radical (unpaired) electrons. The molecule has 6 nitrogen and oxygen atoms in total. The molecule has 0 aliphatic heterocycles. The van der Waals surface area contributed by atoms with Crippen LogP contribution in [0.15, 0.2) is 11.1 Å². The molecule has 0 aliphatic rings. The van der Waals surface area contributed by atoms with Crippen molar-refractivity contribution >= 4 is 23.3 Å².